The van der Waals surface area contributed by atoms with E-state index in [1.165, 1.54) is 9.88 Å². The Balaban J connectivity index is 2.44. The van der Waals surface area contributed by atoms with Crippen LogP contribution in [0.4, 0.5) is 0 Å². The first-order valence-electron chi connectivity index (χ1n) is 3.95. The van der Waals surface area contributed by atoms with Crippen molar-refractivity contribution >= 4 is 11.3 Å². The van der Waals surface area contributed by atoms with E-state index in [-0.39, 0.29) is 0 Å². The minimum absolute atomic E-state index is 1.02. The Morgan fingerprint density at radius 1 is 1.64 bits per heavy atom. The molecule has 3 heteroatoms. The lowest BCUT2D eigenvalue weighted by Gasteiger charge is -1.92. The van der Waals surface area contributed by atoms with E-state index in [2.05, 4.69) is 17.2 Å². The van der Waals surface area contributed by atoms with Crippen molar-refractivity contribution in [3.63, 3.8) is 0 Å². The maximum atomic E-state index is 4.30. The van der Waals surface area contributed by atoms with Crippen LogP contribution in [-0.2, 0) is 12.8 Å². The fourth-order valence-corrected chi connectivity index (χ4v) is 1.72. The largest absolute Gasteiger partial charge is 0.319 e. The lowest BCUT2D eigenvalue weighted by Crippen LogP contribution is -2.09. The molecule has 1 heterocycles. The van der Waals surface area contributed by atoms with E-state index < -0.39 is 0 Å². The Morgan fingerprint density at radius 2 is 2.45 bits per heavy atom. The highest BCUT2D eigenvalue weighted by Gasteiger charge is 1.98. The Hall–Kier alpha value is -0.410. The van der Waals surface area contributed by atoms with E-state index in [1.54, 1.807) is 0 Å². The van der Waals surface area contributed by atoms with Gasteiger partial charge in [-0.2, -0.15) is 0 Å². The maximum Gasteiger partial charge on any atom is 0.0940 e. The third-order valence-electron chi connectivity index (χ3n) is 1.54. The molecular weight excluding hydrogens is 156 g/mol. The van der Waals surface area contributed by atoms with Crippen molar-refractivity contribution in [1.82, 2.24) is 10.3 Å². The number of hydrogen-bond acceptors (Lipinski definition) is 3. The van der Waals surface area contributed by atoms with Crippen LogP contribution in [0.15, 0.2) is 6.20 Å². The molecule has 1 aromatic rings. The van der Waals surface area contributed by atoms with Crippen molar-refractivity contribution in [2.24, 2.45) is 0 Å². The van der Waals surface area contributed by atoms with Crippen molar-refractivity contribution in [1.29, 1.82) is 0 Å². The molecule has 1 N–H and O–H groups in total. The molecule has 0 saturated carbocycles. The Kier molecular flexibility index (Phi) is 3.52. The van der Waals surface area contributed by atoms with Crippen LogP contribution in [0.25, 0.3) is 0 Å². The third kappa shape index (κ3) is 2.60. The Bertz CT molecular complexity index is 208. The number of aryl methyl sites for hydroxylation is 1. The Morgan fingerprint density at radius 3 is 3.00 bits per heavy atom. The summed E-state index contributed by atoms with van der Waals surface area (Å²) in [5.74, 6) is 0. The molecule has 0 aliphatic heterocycles. The van der Waals surface area contributed by atoms with Crippen LogP contribution in [0, 0.1) is 0 Å². The van der Waals surface area contributed by atoms with Gasteiger partial charge < -0.3 is 5.32 Å². The summed E-state index contributed by atoms with van der Waals surface area (Å²) < 4.78 is 0. The number of aromatic nitrogens is 1. The SMILES string of the molecule is CCc1cnc(CCNC)s1. The van der Waals surface area contributed by atoms with Crippen LogP contribution in [0.1, 0.15) is 16.8 Å². The van der Waals surface area contributed by atoms with Gasteiger partial charge in [-0.05, 0) is 13.5 Å². The van der Waals surface area contributed by atoms with Crippen molar-refractivity contribution in [2.45, 2.75) is 19.8 Å². The van der Waals surface area contributed by atoms with Crippen molar-refractivity contribution < 1.29 is 0 Å². The minimum Gasteiger partial charge on any atom is -0.319 e. The first-order chi connectivity index (χ1) is 5.36. The molecule has 1 aromatic heterocycles. The number of nitrogens with zero attached hydrogens (tertiary/aromatic N) is 1. The molecule has 0 atom stereocenters. The topological polar surface area (TPSA) is 24.9 Å². The molecule has 0 aromatic carbocycles. The second-order valence-corrected chi connectivity index (χ2v) is 3.63. The average molecular weight is 170 g/mol. The highest BCUT2D eigenvalue weighted by Crippen LogP contribution is 2.12. The van der Waals surface area contributed by atoms with Crippen molar-refractivity contribution in [3.8, 4) is 0 Å². The summed E-state index contributed by atoms with van der Waals surface area (Å²) >= 11 is 1.82. The van der Waals surface area contributed by atoms with Crippen LogP contribution >= 0.6 is 11.3 Å². The summed E-state index contributed by atoms with van der Waals surface area (Å²) in [6.45, 7) is 3.19. The van der Waals surface area contributed by atoms with Gasteiger partial charge in [0.1, 0.15) is 0 Å². The number of nitrogens with one attached hydrogen (secondary N) is 1. The van der Waals surface area contributed by atoms with Gasteiger partial charge in [0.15, 0.2) is 0 Å². The summed E-state index contributed by atoms with van der Waals surface area (Å²) in [6.07, 6.45) is 4.15. The first kappa shape index (κ1) is 8.68. The molecule has 0 amide bonds. The summed E-state index contributed by atoms with van der Waals surface area (Å²) in [7, 11) is 1.97. The van der Waals surface area contributed by atoms with Gasteiger partial charge in [-0.3, -0.25) is 0 Å². The van der Waals surface area contributed by atoms with E-state index in [4.69, 9.17) is 0 Å². The summed E-state index contributed by atoms with van der Waals surface area (Å²) in [5, 5.41) is 4.36. The molecular formula is C8H14N2S. The van der Waals surface area contributed by atoms with Crippen molar-refractivity contribution in [2.75, 3.05) is 13.6 Å². The highest BCUT2D eigenvalue weighted by molar-refractivity contribution is 7.11. The molecule has 2 nitrogen and oxygen atoms in total. The van der Waals surface area contributed by atoms with Gasteiger partial charge in [0, 0.05) is 24.0 Å². The first-order valence-corrected chi connectivity index (χ1v) is 4.76. The molecule has 0 radical (unpaired) electrons. The molecule has 62 valence electrons. The second-order valence-electron chi connectivity index (χ2n) is 2.43. The third-order valence-corrected chi connectivity index (χ3v) is 2.74. The van der Waals surface area contributed by atoms with Gasteiger partial charge in [-0.25, -0.2) is 4.98 Å². The van der Waals surface area contributed by atoms with Gasteiger partial charge in [0.05, 0.1) is 5.01 Å². The van der Waals surface area contributed by atoms with Crippen molar-refractivity contribution in [3.05, 3.63) is 16.1 Å². The maximum absolute atomic E-state index is 4.30. The number of hydrogen-bond donors (Lipinski definition) is 1. The molecule has 0 aliphatic rings. The standard InChI is InChI=1S/C8H14N2S/c1-3-7-6-10-8(11-7)4-5-9-2/h6,9H,3-5H2,1-2H3. The zero-order chi connectivity index (χ0) is 8.10. The second kappa shape index (κ2) is 4.46. The molecule has 0 saturated heterocycles. The monoisotopic (exact) mass is 170 g/mol. The molecule has 0 unspecified atom stereocenters. The lowest BCUT2D eigenvalue weighted by atomic mass is 10.4. The van der Waals surface area contributed by atoms with Crippen LogP contribution in [0.5, 0.6) is 0 Å². The van der Waals surface area contributed by atoms with Gasteiger partial charge in [-0.1, -0.05) is 6.92 Å². The van der Waals surface area contributed by atoms with E-state index in [0.717, 1.165) is 19.4 Å². The Labute approximate surface area is 71.7 Å². The van der Waals surface area contributed by atoms with Gasteiger partial charge in [0.25, 0.3) is 0 Å². The van der Waals surface area contributed by atoms with Crippen LogP contribution in [-0.4, -0.2) is 18.6 Å². The van der Waals surface area contributed by atoms with Gasteiger partial charge >= 0.3 is 0 Å². The molecule has 0 aliphatic carbocycles. The van der Waals surface area contributed by atoms with Crippen LogP contribution < -0.4 is 5.32 Å². The number of rotatable bonds is 4. The van der Waals surface area contributed by atoms with Crippen LogP contribution in [0.3, 0.4) is 0 Å². The van der Waals surface area contributed by atoms with E-state index in [1.807, 2.05) is 24.6 Å². The quantitative estimate of drug-likeness (QED) is 0.740. The predicted molar refractivity (Wildman–Crippen MR) is 49.1 cm³/mol. The molecule has 0 bridgehead atoms. The number of likely N-dealkylation sites (N-methyl/N-ethyl adjacent to an activating group) is 1. The molecule has 11 heavy (non-hydrogen) atoms. The predicted octanol–water partition coefficient (Wildman–Crippen LogP) is 1.47. The summed E-state index contributed by atoms with van der Waals surface area (Å²) in [5.41, 5.74) is 0. The average Bonchev–Trinajstić information content (AvgIpc) is 2.48. The van der Waals surface area contributed by atoms with Crippen LogP contribution in [0.2, 0.25) is 0 Å². The van der Waals surface area contributed by atoms with Gasteiger partial charge in [-0.15, -0.1) is 11.3 Å². The highest BCUT2D eigenvalue weighted by atomic mass is 32.1. The smallest absolute Gasteiger partial charge is 0.0940 e. The summed E-state index contributed by atoms with van der Waals surface area (Å²) in [4.78, 5) is 5.69. The minimum atomic E-state index is 1.02. The number of thiazole rings is 1. The van der Waals surface area contributed by atoms with Gasteiger partial charge in [0.2, 0.25) is 0 Å². The van der Waals surface area contributed by atoms with E-state index in [0.29, 0.717) is 0 Å². The fourth-order valence-electron chi connectivity index (χ4n) is 0.859. The molecule has 0 spiro atoms. The zero-order valence-electron chi connectivity index (χ0n) is 7.05. The zero-order valence-corrected chi connectivity index (χ0v) is 7.87. The fraction of sp³-hybridized carbons (Fsp3) is 0.625. The summed E-state index contributed by atoms with van der Waals surface area (Å²) in [6, 6.07) is 0. The van der Waals surface area contributed by atoms with E-state index >= 15 is 0 Å². The molecule has 0 fully saturated rings. The lowest BCUT2D eigenvalue weighted by molar-refractivity contribution is 0.787. The van der Waals surface area contributed by atoms with E-state index in [9.17, 15) is 0 Å². The molecule has 1 rings (SSSR count). The normalized spacial score (nSPS) is 10.4.